The van der Waals surface area contributed by atoms with Gasteiger partial charge in [0.05, 0.1) is 17.2 Å². The Morgan fingerprint density at radius 2 is 1.97 bits per heavy atom. The largest absolute Gasteiger partial charge is 0.382 e. The van der Waals surface area contributed by atoms with Crippen LogP contribution in [-0.4, -0.2) is 55.0 Å². The van der Waals surface area contributed by atoms with Crippen molar-refractivity contribution in [2.75, 3.05) is 31.6 Å². The second kappa shape index (κ2) is 10.4. The number of carbonyl (C=O) groups is 3. The molecular weight excluding hydrogens is 370 g/mol. The lowest BCUT2D eigenvalue weighted by molar-refractivity contribution is -0.129. The molecule has 0 unspecified atom stereocenters. The third-order valence-corrected chi connectivity index (χ3v) is 5.68. The zero-order valence-electron chi connectivity index (χ0n) is 17.1. The molecule has 0 spiro atoms. The summed E-state index contributed by atoms with van der Waals surface area (Å²) in [6.45, 7) is 4.17. The Balaban J connectivity index is 1.56. The van der Waals surface area contributed by atoms with E-state index in [-0.39, 0.29) is 36.1 Å². The Morgan fingerprint density at radius 3 is 2.72 bits per heavy atom. The fourth-order valence-corrected chi connectivity index (χ4v) is 4.12. The molecule has 2 N–H and O–H groups in total. The quantitative estimate of drug-likeness (QED) is 0.623. The summed E-state index contributed by atoms with van der Waals surface area (Å²) in [5, 5.41) is 5.73. The van der Waals surface area contributed by atoms with E-state index >= 15 is 0 Å². The van der Waals surface area contributed by atoms with Crippen LogP contribution < -0.4 is 10.6 Å². The Labute approximate surface area is 172 Å². The number of hydrogen-bond donors (Lipinski definition) is 2. The molecule has 7 heteroatoms. The van der Waals surface area contributed by atoms with Crippen LogP contribution >= 0.6 is 0 Å². The molecule has 1 aliphatic carbocycles. The van der Waals surface area contributed by atoms with E-state index in [1.54, 1.807) is 24.3 Å². The summed E-state index contributed by atoms with van der Waals surface area (Å²) in [5.74, 6) is -0.731. The molecule has 2 aliphatic rings. The molecule has 1 atom stereocenters. The van der Waals surface area contributed by atoms with E-state index in [0.717, 1.165) is 32.1 Å². The summed E-state index contributed by atoms with van der Waals surface area (Å²) in [6, 6.07) is 7.25. The minimum Gasteiger partial charge on any atom is -0.382 e. The second-order valence-electron chi connectivity index (χ2n) is 7.73. The zero-order valence-corrected chi connectivity index (χ0v) is 17.1. The van der Waals surface area contributed by atoms with Crippen LogP contribution in [0.4, 0.5) is 5.69 Å². The Kier molecular flexibility index (Phi) is 7.63. The molecule has 0 aromatic heterocycles. The van der Waals surface area contributed by atoms with Gasteiger partial charge in [0.25, 0.3) is 5.91 Å². The number of nitrogens with one attached hydrogen (secondary N) is 2. The summed E-state index contributed by atoms with van der Waals surface area (Å²) < 4.78 is 5.27. The maximum Gasteiger partial charge on any atom is 0.253 e. The first-order chi connectivity index (χ1) is 14.1. The van der Waals surface area contributed by atoms with Crippen LogP contribution in [0.5, 0.6) is 0 Å². The lowest BCUT2D eigenvalue weighted by atomic mass is 10.1. The van der Waals surface area contributed by atoms with E-state index < -0.39 is 0 Å². The molecule has 1 aromatic rings. The number of anilines is 1. The monoisotopic (exact) mass is 401 g/mol. The fraction of sp³-hybridized carbons (Fsp3) is 0.591. The summed E-state index contributed by atoms with van der Waals surface area (Å²) in [6.07, 6.45) is 5.35. The van der Waals surface area contributed by atoms with Crippen LogP contribution in [0.15, 0.2) is 24.3 Å². The Hall–Kier alpha value is -2.41. The maximum atomic E-state index is 12.8. The molecule has 3 amide bonds. The first kappa shape index (κ1) is 21.3. The van der Waals surface area contributed by atoms with Gasteiger partial charge in [-0.3, -0.25) is 14.4 Å². The van der Waals surface area contributed by atoms with Crippen molar-refractivity contribution in [2.45, 2.75) is 51.5 Å². The van der Waals surface area contributed by atoms with Crippen molar-refractivity contribution in [3.05, 3.63) is 29.8 Å². The average molecular weight is 402 g/mol. The number of hydrogen-bond acceptors (Lipinski definition) is 4. The van der Waals surface area contributed by atoms with Gasteiger partial charge in [-0.25, -0.2) is 0 Å². The van der Waals surface area contributed by atoms with Gasteiger partial charge in [0.1, 0.15) is 0 Å². The molecule has 3 rings (SSSR count). The van der Waals surface area contributed by atoms with Crippen molar-refractivity contribution >= 4 is 23.4 Å². The van der Waals surface area contributed by atoms with E-state index in [2.05, 4.69) is 10.6 Å². The number of amides is 3. The third-order valence-electron chi connectivity index (χ3n) is 5.68. The maximum absolute atomic E-state index is 12.8. The van der Waals surface area contributed by atoms with E-state index in [9.17, 15) is 14.4 Å². The summed E-state index contributed by atoms with van der Waals surface area (Å²) in [4.78, 5) is 39.6. The van der Waals surface area contributed by atoms with E-state index in [4.69, 9.17) is 4.74 Å². The normalized spacial score (nSPS) is 19.6. The van der Waals surface area contributed by atoms with Gasteiger partial charge >= 0.3 is 0 Å². The van der Waals surface area contributed by atoms with Crippen LogP contribution in [0.2, 0.25) is 0 Å². The SMILES string of the molecule is CCOCCCNC(=O)c1ccccc1NC(=O)[C@H]1CC(=O)N(C2CCCC2)C1. The van der Waals surface area contributed by atoms with Gasteiger partial charge in [0, 0.05) is 38.8 Å². The molecule has 1 saturated carbocycles. The van der Waals surface area contributed by atoms with Gasteiger partial charge in [-0.15, -0.1) is 0 Å². The molecule has 1 aromatic carbocycles. The van der Waals surface area contributed by atoms with Crippen molar-refractivity contribution in [1.29, 1.82) is 0 Å². The van der Waals surface area contributed by atoms with E-state index in [1.807, 2.05) is 11.8 Å². The second-order valence-corrected chi connectivity index (χ2v) is 7.73. The highest BCUT2D eigenvalue weighted by Gasteiger charge is 2.38. The molecule has 2 fully saturated rings. The molecule has 1 heterocycles. The number of likely N-dealkylation sites (tertiary alicyclic amines) is 1. The molecule has 1 aliphatic heterocycles. The molecule has 1 saturated heterocycles. The summed E-state index contributed by atoms with van der Waals surface area (Å²) >= 11 is 0. The van der Waals surface area contributed by atoms with E-state index in [1.165, 1.54) is 0 Å². The van der Waals surface area contributed by atoms with Crippen LogP contribution in [0.1, 0.15) is 55.8 Å². The van der Waals surface area contributed by atoms with Crippen LogP contribution in [-0.2, 0) is 14.3 Å². The van der Waals surface area contributed by atoms with Crippen molar-refractivity contribution in [1.82, 2.24) is 10.2 Å². The van der Waals surface area contributed by atoms with Crippen LogP contribution in [0.25, 0.3) is 0 Å². The minimum absolute atomic E-state index is 0.0670. The highest BCUT2D eigenvalue weighted by molar-refractivity contribution is 6.05. The third kappa shape index (κ3) is 5.56. The molecule has 158 valence electrons. The lowest BCUT2D eigenvalue weighted by Gasteiger charge is -2.24. The van der Waals surface area contributed by atoms with Gasteiger partial charge < -0.3 is 20.3 Å². The average Bonchev–Trinajstić information content (AvgIpc) is 3.37. The van der Waals surface area contributed by atoms with Crippen molar-refractivity contribution in [3.8, 4) is 0 Å². The van der Waals surface area contributed by atoms with Gasteiger partial charge in [-0.2, -0.15) is 0 Å². The number of nitrogens with zero attached hydrogens (tertiary/aromatic N) is 1. The van der Waals surface area contributed by atoms with Gasteiger partial charge in [0.15, 0.2) is 0 Å². The summed E-state index contributed by atoms with van der Waals surface area (Å²) in [7, 11) is 0. The molecule has 0 radical (unpaired) electrons. The zero-order chi connectivity index (χ0) is 20.6. The highest BCUT2D eigenvalue weighted by atomic mass is 16.5. The fourth-order valence-electron chi connectivity index (χ4n) is 4.12. The first-order valence-electron chi connectivity index (χ1n) is 10.7. The minimum atomic E-state index is -0.370. The first-order valence-corrected chi connectivity index (χ1v) is 10.7. The number of para-hydroxylation sites is 1. The molecule has 7 nitrogen and oxygen atoms in total. The number of benzene rings is 1. The van der Waals surface area contributed by atoms with Crippen molar-refractivity contribution in [3.63, 3.8) is 0 Å². The van der Waals surface area contributed by atoms with Gasteiger partial charge in [0.2, 0.25) is 11.8 Å². The number of rotatable bonds is 9. The Bertz CT molecular complexity index is 731. The standard InChI is InChI=1S/C22H31N3O4/c1-2-29-13-7-12-23-22(28)18-10-5-6-11-19(18)24-21(27)16-14-20(26)25(15-16)17-8-3-4-9-17/h5-6,10-11,16-17H,2-4,7-9,12-15H2,1H3,(H,23,28)(H,24,27)/t16-/m0/s1. The molecule has 29 heavy (non-hydrogen) atoms. The number of ether oxygens (including phenoxy) is 1. The van der Waals surface area contributed by atoms with Gasteiger partial charge in [-0.05, 0) is 38.3 Å². The predicted molar refractivity (Wildman–Crippen MR) is 111 cm³/mol. The predicted octanol–water partition coefficient (Wildman–Crippen LogP) is 2.57. The lowest BCUT2D eigenvalue weighted by Crippen LogP contribution is -2.35. The van der Waals surface area contributed by atoms with E-state index in [0.29, 0.717) is 37.6 Å². The van der Waals surface area contributed by atoms with Crippen molar-refractivity contribution < 1.29 is 19.1 Å². The smallest absolute Gasteiger partial charge is 0.253 e. The van der Waals surface area contributed by atoms with Crippen LogP contribution in [0.3, 0.4) is 0 Å². The van der Waals surface area contributed by atoms with Gasteiger partial charge in [-0.1, -0.05) is 25.0 Å². The van der Waals surface area contributed by atoms with Crippen molar-refractivity contribution in [2.24, 2.45) is 5.92 Å². The Morgan fingerprint density at radius 1 is 1.21 bits per heavy atom. The molecule has 0 bridgehead atoms. The topological polar surface area (TPSA) is 87.7 Å². The van der Waals surface area contributed by atoms with Crippen LogP contribution in [0, 0.1) is 5.92 Å². The number of carbonyl (C=O) groups excluding carboxylic acids is 3. The molecular formula is C22H31N3O4. The summed E-state index contributed by atoms with van der Waals surface area (Å²) in [5.41, 5.74) is 0.904. The highest BCUT2D eigenvalue weighted by Crippen LogP contribution is 2.30.